The highest BCUT2D eigenvalue weighted by Gasteiger charge is 2.35. The van der Waals surface area contributed by atoms with Crippen LogP contribution in [0.25, 0.3) is 0 Å². The molecule has 0 aromatic heterocycles. The minimum Gasteiger partial charge on any atom is -0.317 e. The maximum Gasteiger partial charge on any atom is 0.187 e. The van der Waals surface area contributed by atoms with Crippen LogP contribution in [0.5, 0.6) is 0 Å². The van der Waals surface area contributed by atoms with Gasteiger partial charge in [-0.1, -0.05) is 27.7 Å². The lowest BCUT2D eigenvalue weighted by molar-refractivity contribution is -0.928. The minimum absolute atomic E-state index is 0.475. The lowest BCUT2D eigenvalue weighted by Gasteiger charge is -2.43. The molecule has 88 valence electrons. The Balaban J connectivity index is 2.70. The Morgan fingerprint density at radius 2 is 1.67 bits per heavy atom. The predicted octanol–water partition coefficient (Wildman–Crippen LogP) is 2.48. The molecule has 0 atom stereocenters. The Bertz CT molecular complexity index is 211. The van der Waals surface area contributed by atoms with Gasteiger partial charge in [0.2, 0.25) is 0 Å². The molecule has 2 nitrogen and oxygen atoms in total. The van der Waals surface area contributed by atoms with Crippen molar-refractivity contribution in [2.45, 2.75) is 40.5 Å². The van der Waals surface area contributed by atoms with Crippen molar-refractivity contribution in [3.05, 3.63) is 0 Å². The second kappa shape index (κ2) is 5.11. The number of nitrogens with zero attached hydrogens (tertiary/aromatic N) is 1. The van der Waals surface area contributed by atoms with Gasteiger partial charge in [-0.05, 0) is 0 Å². The van der Waals surface area contributed by atoms with Gasteiger partial charge in [0.25, 0.3) is 0 Å². The van der Waals surface area contributed by atoms with Gasteiger partial charge < -0.3 is 4.48 Å². The number of piperidine rings is 1. The highest BCUT2D eigenvalue weighted by atomic mass is 16.1. The van der Waals surface area contributed by atoms with E-state index < -0.39 is 0 Å². The summed E-state index contributed by atoms with van der Waals surface area (Å²) in [5.41, 5.74) is 0. The standard InChI is InChI=1S/C13H26NO/c1-11(2)8-14(9-12(3)4)7-5-6-13(15)10-14/h11-12H,5-10H2,1-4H3/q+1. The summed E-state index contributed by atoms with van der Waals surface area (Å²) in [6.07, 6.45) is 1.91. The van der Waals surface area contributed by atoms with E-state index in [1.54, 1.807) is 0 Å². The monoisotopic (exact) mass is 212 g/mol. The molecule has 1 aliphatic heterocycles. The molecule has 1 saturated heterocycles. The van der Waals surface area contributed by atoms with E-state index in [2.05, 4.69) is 27.7 Å². The first kappa shape index (κ1) is 12.7. The fourth-order valence-corrected chi connectivity index (χ4v) is 3.08. The molecule has 1 aliphatic rings. The van der Waals surface area contributed by atoms with E-state index in [9.17, 15) is 4.79 Å². The number of hydrogen-bond acceptors (Lipinski definition) is 1. The Kier molecular flexibility index (Phi) is 4.32. The van der Waals surface area contributed by atoms with E-state index in [4.69, 9.17) is 0 Å². The summed E-state index contributed by atoms with van der Waals surface area (Å²) in [5.74, 6) is 1.85. The van der Waals surface area contributed by atoms with E-state index in [0.717, 1.165) is 23.9 Å². The second-order valence-corrected chi connectivity index (χ2v) is 6.02. The van der Waals surface area contributed by atoms with Crippen LogP contribution >= 0.6 is 0 Å². The molecule has 0 amide bonds. The fourth-order valence-electron chi connectivity index (χ4n) is 3.08. The van der Waals surface area contributed by atoms with Crippen LogP contribution in [-0.4, -0.2) is 36.4 Å². The van der Waals surface area contributed by atoms with Crippen molar-refractivity contribution >= 4 is 5.78 Å². The van der Waals surface area contributed by atoms with Crippen molar-refractivity contribution in [3.63, 3.8) is 0 Å². The Morgan fingerprint density at radius 3 is 2.07 bits per heavy atom. The van der Waals surface area contributed by atoms with E-state index in [-0.39, 0.29) is 0 Å². The van der Waals surface area contributed by atoms with Crippen LogP contribution < -0.4 is 0 Å². The van der Waals surface area contributed by atoms with Crippen molar-refractivity contribution in [2.75, 3.05) is 26.2 Å². The average molecular weight is 212 g/mol. The minimum atomic E-state index is 0.475. The Hall–Kier alpha value is -0.370. The zero-order valence-corrected chi connectivity index (χ0v) is 10.8. The molecule has 0 unspecified atom stereocenters. The fraction of sp³-hybridized carbons (Fsp3) is 0.923. The Labute approximate surface area is 94.2 Å². The molecule has 0 radical (unpaired) electrons. The molecule has 0 N–H and O–H groups in total. The third-order valence-corrected chi connectivity index (χ3v) is 3.10. The van der Waals surface area contributed by atoms with Crippen LogP contribution in [0.4, 0.5) is 0 Å². The number of rotatable bonds is 4. The molecular formula is C13H26NO+. The number of Topliss-reactive ketones (excluding diaryl/α,β-unsaturated/α-hetero) is 1. The summed E-state index contributed by atoms with van der Waals surface area (Å²) < 4.78 is 1.05. The lowest BCUT2D eigenvalue weighted by atomic mass is 10.0. The maximum absolute atomic E-state index is 11.6. The molecule has 0 aliphatic carbocycles. The molecule has 1 heterocycles. The molecule has 0 spiro atoms. The SMILES string of the molecule is CC(C)C[N+]1(CC(C)C)CCCC(=O)C1. The van der Waals surface area contributed by atoms with Crippen LogP contribution in [0.2, 0.25) is 0 Å². The first-order valence-corrected chi connectivity index (χ1v) is 6.30. The number of quaternary nitrogens is 1. The first-order chi connectivity index (χ1) is 6.93. The summed E-state index contributed by atoms with van der Waals surface area (Å²) in [6, 6.07) is 0. The van der Waals surface area contributed by atoms with Crippen LogP contribution in [0.15, 0.2) is 0 Å². The van der Waals surface area contributed by atoms with Gasteiger partial charge in [0.05, 0.1) is 19.6 Å². The second-order valence-electron chi connectivity index (χ2n) is 6.02. The van der Waals surface area contributed by atoms with Gasteiger partial charge in [0.15, 0.2) is 5.78 Å². The van der Waals surface area contributed by atoms with Crippen LogP contribution in [0.3, 0.4) is 0 Å². The predicted molar refractivity (Wildman–Crippen MR) is 63.6 cm³/mol. The van der Waals surface area contributed by atoms with Crippen LogP contribution in [0.1, 0.15) is 40.5 Å². The maximum atomic E-state index is 11.6. The summed E-state index contributed by atoms with van der Waals surface area (Å²) in [7, 11) is 0. The molecule has 0 aromatic carbocycles. The van der Waals surface area contributed by atoms with Gasteiger partial charge in [-0.25, -0.2) is 0 Å². The largest absolute Gasteiger partial charge is 0.317 e. The summed E-state index contributed by atoms with van der Waals surface area (Å²) in [4.78, 5) is 11.6. The molecule has 1 rings (SSSR count). The quantitative estimate of drug-likeness (QED) is 0.654. The van der Waals surface area contributed by atoms with Crippen molar-refractivity contribution in [3.8, 4) is 0 Å². The molecular weight excluding hydrogens is 186 g/mol. The number of carbonyl (C=O) groups is 1. The molecule has 0 aromatic rings. The number of hydrogen-bond donors (Lipinski definition) is 0. The molecule has 2 heteroatoms. The molecule has 0 saturated carbocycles. The molecule has 15 heavy (non-hydrogen) atoms. The van der Waals surface area contributed by atoms with Gasteiger partial charge in [-0.15, -0.1) is 0 Å². The summed E-state index contributed by atoms with van der Waals surface area (Å²) >= 11 is 0. The average Bonchev–Trinajstić information content (AvgIpc) is 1.99. The normalized spacial score (nSPS) is 21.3. The topological polar surface area (TPSA) is 17.1 Å². The van der Waals surface area contributed by atoms with Gasteiger partial charge in [0.1, 0.15) is 6.54 Å². The third kappa shape index (κ3) is 3.94. The first-order valence-electron chi connectivity index (χ1n) is 6.30. The van der Waals surface area contributed by atoms with Crippen LogP contribution in [0, 0.1) is 11.8 Å². The smallest absolute Gasteiger partial charge is 0.187 e. The van der Waals surface area contributed by atoms with Crippen molar-refractivity contribution in [1.29, 1.82) is 0 Å². The number of ketones is 1. The Morgan fingerprint density at radius 1 is 1.13 bits per heavy atom. The van der Waals surface area contributed by atoms with Gasteiger partial charge in [-0.2, -0.15) is 0 Å². The molecule has 0 bridgehead atoms. The van der Waals surface area contributed by atoms with Crippen molar-refractivity contribution in [1.82, 2.24) is 0 Å². The van der Waals surface area contributed by atoms with E-state index in [1.165, 1.54) is 19.6 Å². The summed E-state index contributed by atoms with van der Waals surface area (Å²) in [6.45, 7) is 13.4. The van der Waals surface area contributed by atoms with Gasteiger partial charge in [-0.3, -0.25) is 4.79 Å². The van der Waals surface area contributed by atoms with Crippen molar-refractivity contribution in [2.24, 2.45) is 11.8 Å². The van der Waals surface area contributed by atoms with Crippen molar-refractivity contribution < 1.29 is 9.28 Å². The van der Waals surface area contributed by atoms with Gasteiger partial charge in [0, 0.05) is 24.7 Å². The highest BCUT2D eigenvalue weighted by Crippen LogP contribution is 2.21. The molecule has 1 fully saturated rings. The van der Waals surface area contributed by atoms with E-state index in [0.29, 0.717) is 17.6 Å². The lowest BCUT2D eigenvalue weighted by Crippen LogP contribution is -2.57. The van der Waals surface area contributed by atoms with Gasteiger partial charge >= 0.3 is 0 Å². The zero-order chi connectivity index (χ0) is 11.5. The van der Waals surface area contributed by atoms with E-state index in [1.807, 2.05) is 0 Å². The summed E-state index contributed by atoms with van der Waals surface area (Å²) in [5, 5.41) is 0. The zero-order valence-electron chi connectivity index (χ0n) is 10.8. The van der Waals surface area contributed by atoms with E-state index >= 15 is 0 Å². The third-order valence-electron chi connectivity index (χ3n) is 3.10. The van der Waals surface area contributed by atoms with Crippen LogP contribution in [-0.2, 0) is 4.79 Å². The highest BCUT2D eigenvalue weighted by molar-refractivity contribution is 5.80. The number of carbonyl (C=O) groups excluding carboxylic acids is 1. The number of likely N-dealkylation sites (tertiary alicyclic amines) is 1.